The number of hydrogen-bond acceptors (Lipinski definition) is 6. The van der Waals surface area contributed by atoms with Crippen molar-refractivity contribution in [3.05, 3.63) is 55.6 Å². The van der Waals surface area contributed by atoms with Crippen LogP contribution in [0.1, 0.15) is 5.76 Å². The molecule has 1 aliphatic heterocycles. The lowest BCUT2D eigenvalue weighted by molar-refractivity contribution is -0.384. The van der Waals surface area contributed by atoms with E-state index in [0.29, 0.717) is 21.6 Å². The molecule has 130 valence electrons. The fourth-order valence-electron chi connectivity index (χ4n) is 2.25. The standard InChI is InChI=1S/C17H9BrN2O5S/c1-2-7-19-16(21)15(26-17(19)22)9-11-4-6-14(25-11)12-5-3-10(20(23)24)8-13(12)18/h1,3-6,8-9H,7H2. The summed E-state index contributed by atoms with van der Waals surface area (Å²) in [6.07, 6.45) is 6.61. The van der Waals surface area contributed by atoms with Crippen LogP contribution in [0, 0.1) is 22.5 Å². The third-order valence-electron chi connectivity index (χ3n) is 3.45. The van der Waals surface area contributed by atoms with Crippen LogP contribution in [0.3, 0.4) is 0 Å². The molecule has 0 aliphatic carbocycles. The van der Waals surface area contributed by atoms with Crippen LogP contribution in [0.4, 0.5) is 10.5 Å². The molecule has 0 atom stereocenters. The lowest BCUT2D eigenvalue weighted by Gasteiger charge is -2.06. The number of amides is 2. The third kappa shape index (κ3) is 3.42. The van der Waals surface area contributed by atoms with Crippen molar-refractivity contribution in [2.45, 2.75) is 0 Å². The molecule has 2 heterocycles. The summed E-state index contributed by atoms with van der Waals surface area (Å²) in [6.45, 7) is -0.0822. The van der Waals surface area contributed by atoms with Crippen molar-refractivity contribution in [3.63, 3.8) is 0 Å². The topological polar surface area (TPSA) is 93.7 Å². The van der Waals surface area contributed by atoms with Crippen LogP contribution in [0.25, 0.3) is 17.4 Å². The molecule has 0 unspecified atom stereocenters. The molecule has 2 amide bonds. The van der Waals surface area contributed by atoms with Crippen molar-refractivity contribution in [3.8, 4) is 23.7 Å². The SMILES string of the molecule is C#CCN1C(=O)SC(=Cc2ccc(-c3ccc([N+](=O)[O-])cc3Br)o2)C1=O. The maximum Gasteiger partial charge on any atom is 0.294 e. The fourth-order valence-corrected chi connectivity index (χ4v) is 3.63. The van der Waals surface area contributed by atoms with Gasteiger partial charge >= 0.3 is 0 Å². The van der Waals surface area contributed by atoms with E-state index in [0.717, 1.165) is 16.7 Å². The Morgan fingerprint density at radius 2 is 2.12 bits per heavy atom. The van der Waals surface area contributed by atoms with E-state index in [2.05, 4.69) is 21.9 Å². The van der Waals surface area contributed by atoms with Gasteiger partial charge in [0.1, 0.15) is 11.5 Å². The average molecular weight is 433 g/mol. The Morgan fingerprint density at radius 1 is 1.35 bits per heavy atom. The van der Waals surface area contributed by atoms with E-state index in [4.69, 9.17) is 10.8 Å². The van der Waals surface area contributed by atoms with Gasteiger partial charge in [0.05, 0.1) is 16.4 Å². The number of imide groups is 1. The number of halogens is 1. The number of carbonyl (C=O) groups excluding carboxylic acids is 2. The second-order valence-electron chi connectivity index (χ2n) is 5.10. The van der Waals surface area contributed by atoms with Crippen molar-refractivity contribution >= 4 is 50.6 Å². The van der Waals surface area contributed by atoms with E-state index >= 15 is 0 Å². The Morgan fingerprint density at radius 3 is 2.77 bits per heavy atom. The predicted octanol–water partition coefficient (Wildman–Crippen LogP) is 4.29. The first-order valence-corrected chi connectivity index (χ1v) is 8.74. The quantitative estimate of drug-likeness (QED) is 0.309. The highest BCUT2D eigenvalue weighted by atomic mass is 79.9. The predicted molar refractivity (Wildman–Crippen MR) is 100 cm³/mol. The number of furan rings is 1. The highest BCUT2D eigenvalue weighted by Crippen LogP contribution is 2.35. The lowest BCUT2D eigenvalue weighted by atomic mass is 10.1. The van der Waals surface area contributed by atoms with Crippen LogP contribution < -0.4 is 0 Å². The normalized spacial score (nSPS) is 15.5. The van der Waals surface area contributed by atoms with Gasteiger partial charge in [0.15, 0.2) is 0 Å². The van der Waals surface area contributed by atoms with Crippen LogP contribution in [0.2, 0.25) is 0 Å². The monoisotopic (exact) mass is 432 g/mol. The number of non-ortho nitro benzene ring substituents is 1. The first kappa shape index (κ1) is 18.0. The van der Waals surface area contributed by atoms with Crippen LogP contribution in [-0.2, 0) is 4.79 Å². The van der Waals surface area contributed by atoms with Crippen molar-refractivity contribution in [1.82, 2.24) is 4.90 Å². The number of nitro benzene ring substituents is 1. The van der Waals surface area contributed by atoms with Gasteiger partial charge in [-0.2, -0.15) is 0 Å². The Balaban J connectivity index is 1.87. The summed E-state index contributed by atoms with van der Waals surface area (Å²) in [7, 11) is 0. The van der Waals surface area contributed by atoms with Crippen LogP contribution in [0.15, 0.2) is 44.1 Å². The number of terminal acetylenes is 1. The number of nitrogens with zero attached hydrogens (tertiary/aromatic N) is 2. The average Bonchev–Trinajstić information content (AvgIpc) is 3.15. The summed E-state index contributed by atoms with van der Waals surface area (Å²) in [5, 5.41) is 10.4. The zero-order chi connectivity index (χ0) is 18.8. The second-order valence-corrected chi connectivity index (χ2v) is 6.94. The van der Waals surface area contributed by atoms with Crippen molar-refractivity contribution in [2.24, 2.45) is 0 Å². The number of nitro groups is 1. The first-order valence-electron chi connectivity index (χ1n) is 7.13. The van der Waals surface area contributed by atoms with E-state index < -0.39 is 16.1 Å². The minimum Gasteiger partial charge on any atom is -0.457 e. The summed E-state index contributed by atoms with van der Waals surface area (Å²) >= 11 is 4.07. The van der Waals surface area contributed by atoms with Gasteiger partial charge in [-0.25, -0.2) is 0 Å². The van der Waals surface area contributed by atoms with Crippen molar-refractivity contribution < 1.29 is 18.9 Å². The maximum absolute atomic E-state index is 12.1. The minimum atomic E-state index is -0.492. The van der Waals surface area contributed by atoms with Crippen LogP contribution in [-0.4, -0.2) is 27.5 Å². The summed E-state index contributed by atoms with van der Waals surface area (Å²) in [5.41, 5.74) is 0.574. The van der Waals surface area contributed by atoms with Gasteiger partial charge in [-0.15, -0.1) is 6.42 Å². The maximum atomic E-state index is 12.1. The molecule has 1 saturated heterocycles. The molecule has 1 aromatic carbocycles. The zero-order valence-electron chi connectivity index (χ0n) is 13.0. The van der Waals surface area contributed by atoms with E-state index in [9.17, 15) is 19.7 Å². The number of carbonyl (C=O) groups is 2. The van der Waals surface area contributed by atoms with Crippen LogP contribution >= 0.6 is 27.7 Å². The summed E-state index contributed by atoms with van der Waals surface area (Å²) < 4.78 is 6.18. The van der Waals surface area contributed by atoms with Gasteiger partial charge < -0.3 is 4.42 Å². The van der Waals surface area contributed by atoms with Gasteiger partial charge in [0.2, 0.25) is 0 Å². The van der Waals surface area contributed by atoms with Gasteiger partial charge in [-0.05, 0) is 45.9 Å². The molecule has 0 bridgehead atoms. The van der Waals surface area contributed by atoms with Crippen molar-refractivity contribution in [1.29, 1.82) is 0 Å². The molecule has 1 aliphatic rings. The highest BCUT2D eigenvalue weighted by molar-refractivity contribution is 9.10. The Labute approximate surface area is 160 Å². The van der Waals surface area contributed by atoms with E-state index in [-0.39, 0.29) is 17.1 Å². The Bertz CT molecular complexity index is 1000. The highest BCUT2D eigenvalue weighted by Gasteiger charge is 2.34. The summed E-state index contributed by atoms with van der Waals surface area (Å²) in [5.74, 6) is 2.63. The molecule has 26 heavy (non-hydrogen) atoms. The first-order chi connectivity index (χ1) is 12.4. The summed E-state index contributed by atoms with van der Waals surface area (Å²) in [4.78, 5) is 35.4. The molecule has 0 saturated carbocycles. The number of thioether (sulfide) groups is 1. The minimum absolute atomic E-state index is 0.0467. The smallest absolute Gasteiger partial charge is 0.294 e. The second kappa shape index (κ2) is 7.19. The van der Waals surface area contributed by atoms with Crippen LogP contribution in [0.5, 0.6) is 0 Å². The van der Waals surface area contributed by atoms with E-state index in [1.54, 1.807) is 18.2 Å². The van der Waals surface area contributed by atoms with E-state index in [1.165, 1.54) is 18.2 Å². The molecule has 3 rings (SSSR count). The zero-order valence-corrected chi connectivity index (χ0v) is 15.4. The lowest BCUT2D eigenvalue weighted by Crippen LogP contribution is -2.28. The molecule has 1 aromatic heterocycles. The number of hydrogen-bond donors (Lipinski definition) is 0. The summed E-state index contributed by atoms with van der Waals surface area (Å²) in [6, 6.07) is 7.61. The van der Waals surface area contributed by atoms with Gasteiger partial charge in [0.25, 0.3) is 16.8 Å². The molecular formula is C17H9BrN2O5S. The van der Waals surface area contributed by atoms with Gasteiger partial charge in [-0.1, -0.05) is 5.92 Å². The Kier molecular flexibility index (Phi) is 4.97. The van der Waals surface area contributed by atoms with Crippen molar-refractivity contribution in [2.75, 3.05) is 6.54 Å². The van der Waals surface area contributed by atoms with Gasteiger partial charge in [-0.3, -0.25) is 24.6 Å². The van der Waals surface area contributed by atoms with Gasteiger partial charge in [0, 0.05) is 28.2 Å². The fraction of sp³-hybridized carbons (Fsp3) is 0.0588. The largest absolute Gasteiger partial charge is 0.457 e. The Hall–Kier alpha value is -2.83. The number of rotatable bonds is 4. The molecule has 1 fully saturated rings. The third-order valence-corrected chi connectivity index (χ3v) is 5.02. The molecular weight excluding hydrogens is 424 g/mol. The number of benzene rings is 1. The molecule has 2 aromatic rings. The molecule has 9 heteroatoms. The molecule has 0 N–H and O–H groups in total. The van der Waals surface area contributed by atoms with E-state index in [1.807, 2.05) is 0 Å². The molecule has 0 radical (unpaired) electrons. The molecule has 7 nitrogen and oxygen atoms in total. The molecule has 0 spiro atoms.